The van der Waals surface area contributed by atoms with Crippen molar-refractivity contribution in [2.45, 2.75) is 46.3 Å². The lowest BCUT2D eigenvalue weighted by Crippen LogP contribution is -2.50. The second kappa shape index (κ2) is 10.5. The van der Waals surface area contributed by atoms with Crippen LogP contribution >= 0.6 is 22.6 Å². The lowest BCUT2D eigenvalue weighted by atomic mass is 10.1. The number of nitrogens with one attached hydrogen (secondary N) is 1. The highest BCUT2D eigenvalue weighted by molar-refractivity contribution is 14.1. The van der Waals surface area contributed by atoms with Crippen LogP contribution in [0.3, 0.4) is 0 Å². The number of halogens is 1. The van der Waals surface area contributed by atoms with Crippen LogP contribution < -0.4 is 10.1 Å². The van der Waals surface area contributed by atoms with Crippen molar-refractivity contribution in [1.29, 1.82) is 0 Å². The number of benzene rings is 2. The van der Waals surface area contributed by atoms with E-state index in [1.165, 1.54) is 0 Å². The first-order valence-corrected chi connectivity index (χ1v) is 10.4. The van der Waals surface area contributed by atoms with E-state index in [0.29, 0.717) is 12.3 Å². The molecule has 0 bridgehead atoms. The van der Waals surface area contributed by atoms with Crippen molar-refractivity contribution in [3.8, 4) is 5.75 Å². The maximum atomic E-state index is 12.9. The van der Waals surface area contributed by atoms with E-state index in [1.54, 1.807) is 11.8 Å². The number of amides is 2. The zero-order chi connectivity index (χ0) is 20.7. The Morgan fingerprint density at radius 3 is 2.39 bits per heavy atom. The Labute approximate surface area is 180 Å². The highest BCUT2D eigenvalue weighted by atomic mass is 127. The summed E-state index contributed by atoms with van der Waals surface area (Å²) in [5, 5.41) is 2.88. The second-order valence-corrected chi connectivity index (χ2v) is 8.34. The zero-order valence-corrected chi connectivity index (χ0v) is 18.9. The van der Waals surface area contributed by atoms with Gasteiger partial charge in [0.2, 0.25) is 5.91 Å². The van der Waals surface area contributed by atoms with Crippen LogP contribution in [0, 0.1) is 10.5 Å². The van der Waals surface area contributed by atoms with Crippen LogP contribution in [0.1, 0.15) is 31.9 Å². The number of hydrogen-bond donors (Lipinski definition) is 1. The molecule has 0 spiro atoms. The van der Waals surface area contributed by atoms with Crippen molar-refractivity contribution >= 4 is 34.4 Å². The molecule has 5 nitrogen and oxygen atoms in total. The molecule has 6 heteroatoms. The maximum absolute atomic E-state index is 12.9. The molecule has 1 unspecified atom stereocenters. The SMILES string of the molecule is Cc1cccc(CN(C(=O)COc2ccc(I)cc2)C(C)C(=O)NC(C)C)c1. The van der Waals surface area contributed by atoms with E-state index >= 15 is 0 Å². The largest absolute Gasteiger partial charge is 0.484 e. The Morgan fingerprint density at radius 1 is 1.11 bits per heavy atom. The summed E-state index contributed by atoms with van der Waals surface area (Å²) < 4.78 is 6.74. The lowest BCUT2D eigenvalue weighted by molar-refractivity contribution is -0.142. The van der Waals surface area contributed by atoms with E-state index in [0.717, 1.165) is 14.7 Å². The molecule has 2 amide bonds. The van der Waals surface area contributed by atoms with E-state index in [1.807, 2.05) is 69.3 Å². The number of rotatable bonds is 8. The Morgan fingerprint density at radius 2 is 1.79 bits per heavy atom. The molecule has 1 atom stereocenters. The van der Waals surface area contributed by atoms with Crippen LogP contribution in [-0.2, 0) is 16.1 Å². The topological polar surface area (TPSA) is 58.6 Å². The first kappa shape index (κ1) is 22.2. The molecule has 0 aliphatic rings. The summed E-state index contributed by atoms with van der Waals surface area (Å²) in [4.78, 5) is 27.0. The molecule has 0 saturated heterocycles. The summed E-state index contributed by atoms with van der Waals surface area (Å²) in [6.45, 7) is 7.78. The van der Waals surface area contributed by atoms with Crippen molar-refractivity contribution in [2.24, 2.45) is 0 Å². The van der Waals surface area contributed by atoms with Crippen molar-refractivity contribution < 1.29 is 14.3 Å². The Hall–Kier alpha value is -2.09. The van der Waals surface area contributed by atoms with Gasteiger partial charge in [-0.15, -0.1) is 0 Å². The maximum Gasteiger partial charge on any atom is 0.261 e. The number of hydrogen-bond acceptors (Lipinski definition) is 3. The minimum Gasteiger partial charge on any atom is -0.484 e. The number of carbonyl (C=O) groups is 2. The molecule has 0 aromatic heterocycles. The van der Waals surface area contributed by atoms with E-state index in [2.05, 4.69) is 27.9 Å². The van der Waals surface area contributed by atoms with Gasteiger partial charge in [-0.1, -0.05) is 29.8 Å². The third-order valence-corrected chi connectivity index (χ3v) is 4.93. The Kier molecular flexibility index (Phi) is 8.29. The van der Waals surface area contributed by atoms with Crippen molar-refractivity contribution in [1.82, 2.24) is 10.2 Å². The zero-order valence-electron chi connectivity index (χ0n) is 16.7. The molecule has 0 radical (unpaired) electrons. The molecule has 0 aliphatic carbocycles. The van der Waals surface area contributed by atoms with Crippen molar-refractivity contribution in [3.05, 3.63) is 63.2 Å². The molecule has 0 saturated carbocycles. The van der Waals surface area contributed by atoms with Crippen LogP contribution in [0.25, 0.3) is 0 Å². The van der Waals surface area contributed by atoms with Crippen molar-refractivity contribution in [3.63, 3.8) is 0 Å². The Balaban J connectivity index is 2.14. The molecule has 2 aromatic carbocycles. The third-order valence-electron chi connectivity index (χ3n) is 4.21. The Bertz CT molecular complexity index is 806. The summed E-state index contributed by atoms with van der Waals surface area (Å²) >= 11 is 2.21. The van der Waals surface area contributed by atoms with Gasteiger partial charge < -0.3 is 15.0 Å². The quantitative estimate of drug-likeness (QED) is 0.567. The van der Waals surface area contributed by atoms with Gasteiger partial charge in [-0.05, 0) is 80.1 Å². The molecule has 150 valence electrons. The fourth-order valence-corrected chi connectivity index (χ4v) is 3.11. The average molecular weight is 494 g/mol. The van der Waals surface area contributed by atoms with Gasteiger partial charge in [0.15, 0.2) is 6.61 Å². The molecular formula is C22H27IN2O3. The predicted octanol–water partition coefficient (Wildman–Crippen LogP) is 3.92. The molecule has 0 aliphatic heterocycles. The third kappa shape index (κ3) is 6.82. The number of ether oxygens (including phenoxy) is 1. The summed E-state index contributed by atoms with van der Waals surface area (Å²) in [6.07, 6.45) is 0. The highest BCUT2D eigenvalue weighted by Gasteiger charge is 2.26. The van der Waals surface area contributed by atoms with Crippen LogP contribution in [0.15, 0.2) is 48.5 Å². The molecule has 2 aromatic rings. The van der Waals surface area contributed by atoms with Crippen LogP contribution in [-0.4, -0.2) is 35.4 Å². The van der Waals surface area contributed by atoms with Gasteiger partial charge >= 0.3 is 0 Å². The summed E-state index contributed by atoms with van der Waals surface area (Å²) in [5.74, 6) is 0.222. The standard InChI is InChI=1S/C22H27IN2O3/c1-15(2)24-22(27)17(4)25(13-18-7-5-6-16(3)12-18)21(26)14-28-20-10-8-19(23)9-11-20/h5-12,15,17H,13-14H2,1-4H3,(H,24,27). The lowest BCUT2D eigenvalue weighted by Gasteiger charge is -2.29. The molecule has 28 heavy (non-hydrogen) atoms. The molecule has 0 fully saturated rings. The smallest absolute Gasteiger partial charge is 0.261 e. The van der Waals surface area contributed by atoms with Gasteiger partial charge in [-0.2, -0.15) is 0 Å². The molecule has 0 heterocycles. The minimum absolute atomic E-state index is 0.00825. The number of nitrogens with zero attached hydrogens (tertiary/aromatic N) is 1. The monoisotopic (exact) mass is 494 g/mol. The first-order valence-electron chi connectivity index (χ1n) is 9.30. The van der Waals surface area contributed by atoms with Crippen molar-refractivity contribution in [2.75, 3.05) is 6.61 Å². The van der Waals surface area contributed by atoms with Crippen LogP contribution in [0.5, 0.6) is 5.75 Å². The van der Waals surface area contributed by atoms with Crippen LogP contribution in [0.2, 0.25) is 0 Å². The van der Waals surface area contributed by atoms with E-state index in [9.17, 15) is 9.59 Å². The summed E-state index contributed by atoms with van der Waals surface area (Å²) in [6, 6.07) is 14.8. The second-order valence-electron chi connectivity index (χ2n) is 7.09. The van der Waals surface area contributed by atoms with Gasteiger partial charge in [0, 0.05) is 16.2 Å². The normalized spacial score (nSPS) is 11.8. The van der Waals surface area contributed by atoms with Gasteiger partial charge in [0.25, 0.3) is 5.91 Å². The summed E-state index contributed by atoms with van der Waals surface area (Å²) in [7, 11) is 0. The van der Waals surface area contributed by atoms with Gasteiger partial charge in [0.05, 0.1) is 0 Å². The fraction of sp³-hybridized carbons (Fsp3) is 0.364. The molecule has 2 rings (SSSR count). The van der Waals surface area contributed by atoms with Gasteiger partial charge in [-0.25, -0.2) is 0 Å². The highest BCUT2D eigenvalue weighted by Crippen LogP contribution is 2.15. The predicted molar refractivity (Wildman–Crippen MR) is 119 cm³/mol. The molecule has 1 N–H and O–H groups in total. The number of carbonyl (C=O) groups excluding carboxylic acids is 2. The molecular weight excluding hydrogens is 467 g/mol. The van der Waals surface area contributed by atoms with Gasteiger partial charge in [0.1, 0.15) is 11.8 Å². The van der Waals surface area contributed by atoms with E-state index in [4.69, 9.17) is 4.74 Å². The van der Waals surface area contributed by atoms with Gasteiger partial charge in [-0.3, -0.25) is 9.59 Å². The van der Waals surface area contributed by atoms with Crippen LogP contribution in [0.4, 0.5) is 0 Å². The van der Waals surface area contributed by atoms with E-state index < -0.39 is 6.04 Å². The minimum atomic E-state index is -0.601. The fourth-order valence-electron chi connectivity index (χ4n) is 2.75. The summed E-state index contributed by atoms with van der Waals surface area (Å²) in [5.41, 5.74) is 2.09. The first-order chi connectivity index (χ1) is 13.3. The average Bonchev–Trinajstić information content (AvgIpc) is 2.64. The van der Waals surface area contributed by atoms with E-state index in [-0.39, 0.29) is 24.5 Å². The number of aryl methyl sites for hydroxylation is 1.